The van der Waals surface area contributed by atoms with E-state index in [-0.39, 0.29) is 30.2 Å². The summed E-state index contributed by atoms with van der Waals surface area (Å²) >= 11 is 0. The molecular formula is C27H36N4O7. The Morgan fingerprint density at radius 3 is 2.42 bits per heavy atom. The van der Waals surface area contributed by atoms with E-state index in [0.717, 1.165) is 31.6 Å². The fourth-order valence-electron chi connectivity index (χ4n) is 7.33. The van der Waals surface area contributed by atoms with Crippen LogP contribution < -0.4 is 11.1 Å². The van der Waals surface area contributed by atoms with Gasteiger partial charge in [-0.25, -0.2) is 0 Å². The van der Waals surface area contributed by atoms with E-state index >= 15 is 0 Å². The molecule has 5 rings (SSSR count). The lowest BCUT2D eigenvalue weighted by Crippen LogP contribution is -2.75. The van der Waals surface area contributed by atoms with Gasteiger partial charge in [0.2, 0.25) is 5.91 Å². The van der Waals surface area contributed by atoms with Crippen LogP contribution in [0.5, 0.6) is 5.75 Å². The number of ketones is 3. The summed E-state index contributed by atoms with van der Waals surface area (Å²) in [6.45, 7) is 1.87. The van der Waals surface area contributed by atoms with E-state index in [4.69, 9.17) is 5.73 Å². The van der Waals surface area contributed by atoms with Gasteiger partial charge in [-0.15, -0.1) is 0 Å². The molecule has 0 spiro atoms. The average Bonchev–Trinajstić information content (AvgIpc) is 2.84. The number of piperidine rings is 1. The molecule has 1 amide bonds. The molecule has 1 saturated heterocycles. The summed E-state index contributed by atoms with van der Waals surface area (Å²) < 4.78 is 0. The van der Waals surface area contributed by atoms with Crippen molar-refractivity contribution in [3.8, 4) is 5.75 Å². The monoisotopic (exact) mass is 528 g/mol. The van der Waals surface area contributed by atoms with Gasteiger partial charge in [0.05, 0.1) is 17.6 Å². The van der Waals surface area contributed by atoms with Gasteiger partial charge in [0.25, 0.3) is 0 Å². The Hall–Kier alpha value is -2.86. The Kier molecular flexibility index (Phi) is 6.62. The molecule has 3 unspecified atom stereocenters. The second-order valence-corrected chi connectivity index (χ2v) is 11.7. The summed E-state index contributed by atoms with van der Waals surface area (Å²) in [5.41, 5.74) is 4.13. The number of nitrogens with zero attached hydrogens (tertiary/aromatic N) is 2. The van der Waals surface area contributed by atoms with Crippen molar-refractivity contribution in [2.24, 2.45) is 29.4 Å². The van der Waals surface area contributed by atoms with E-state index in [1.165, 1.54) is 6.07 Å². The SMILES string of the molecule is CN1CCC(Nc2ccc(O)c3c2C[C@@H]2C[C@@H]4[C@@H](N(C)C)C(O)C(C(N)=O)C(=O)[C@]4(O)C(=O)C2C3=O)CC1. The Morgan fingerprint density at radius 1 is 1.16 bits per heavy atom. The lowest BCUT2D eigenvalue weighted by molar-refractivity contribution is -0.190. The normalized spacial score (nSPS) is 36.0. The molecule has 3 fully saturated rings. The molecule has 2 saturated carbocycles. The van der Waals surface area contributed by atoms with Crippen molar-refractivity contribution >= 4 is 28.9 Å². The number of phenolic OH excluding ortho intramolecular Hbond substituents is 1. The van der Waals surface area contributed by atoms with Gasteiger partial charge < -0.3 is 36.2 Å². The number of carbonyl (C=O) groups excluding carboxylic acids is 4. The number of likely N-dealkylation sites (N-methyl/N-ethyl adjacent to an activating group) is 1. The molecule has 1 aromatic rings. The Morgan fingerprint density at radius 2 is 1.82 bits per heavy atom. The number of nitrogens with two attached hydrogens (primary N) is 1. The molecule has 1 aromatic carbocycles. The van der Waals surface area contributed by atoms with Crippen LogP contribution in [-0.4, -0.2) is 106 Å². The number of Topliss-reactive ketones (excluding diaryl/α,β-unsaturated/α-hetero) is 3. The number of nitrogens with one attached hydrogen (secondary N) is 1. The molecule has 4 aliphatic rings. The van der Waals surface area contributed by atoms with Gasteiger partial charge in [0.15, 0.2) is 23.0 Å². The number of benzene rings is 1. The van der Waals surface area contributed by atoms with Crippen molar-refractivity contribution in [1.29, 1.82) is 0 Å². The number of rotatable bonds is 4. The third-order valence-electron chi connectivity index (χ3n) is 9.25. The summed E-state index contributed by atoms with van der Waals surface area (Å²) in [6, 6.07) is 2.44. The van der Waals surface area contributed by atoms with E-state index in [1.807, 2.05) is 0 Å². The predicted octanol–water partition coefficient (Wildman–Crippen LogP) is -0.835. The standard InChI is InChI=1S/C27H36N4O7/c1-30(2)21-15-11-12-10-14-16(29-13-6-8-31(3)9-7-13)4-5-17(32)19(14)22(33)18(12)24(35)27(15,38)25(36)20(23(21)34)26(28)37/h4-5,12-13,15,18,20-21,23,29,32,34,38H,6-11H2,1-3H3,(H2,28,37)/t12-,15-,18?,20?,21-,23?,27-/m1/s1. The molecule has 0 radical (unpaired) electrons. The van der Waals surface area contributed by atoms with Crippen LogP contribution in [0, 0.1) is 23.7 Å². The molecule has 3 aliphatic carbocycles. The summed E-state index contributed by atoms with van der Waals surface area (Å²) in [6.07, 6.45) is 0.702. The van der Waals surface area contributed by atoms with Crippen LogP contribution in [0.1, 0.15) is 35.2 Å². The fourth-order valence-corrected chi connectivity index (χ4v) is 7.33. The maximum Gasteiger partial charge on any atom is 0.230 e. The first-order chi connectivity index (χ1) is 17.9. The van der Waals surface area contributed by atoms with Crippen molar-refractivity contribution in [3.63, 3.8) is 0 Å². The number of phenols is 1. The van der Waals surface area contributed by atoms with Gasteiger partial charge in [-0.2, -0.15) is 0 Å². The van der Waals surface area contributed by atoms with Crippen LogP contribution in [0.3, 0.4) is 0 Å². The average molecular weight is 529 g/mol. The van der Waals surface area contributed by atoms with Gasteiger partial charge in [-0.05, 0) is 83.5 Å². The molecule has 206 valence electrons. The van der Waals surface area contributed by atoms with Crippen LogP contribution >= 0.6 is 0 Å². The third-order valence-corrected chi connectivity index (χ3v) is 9.25. The number of hydrogen-bond donors (Lipinski definition) is 5. The quantitative estimate of drug-likeness (QED) is 0.245. The van der Waals surface area contributed by atoms with Crippen molar-refractivity contribution in [3.05, 3.63) is 23.3 Å². The van der Waals surface area contributed by atoms with Crippen molar-refractivity contribution in [2.45, 2.75) is 49.5 Å². The number of primary amides is 1. The number of anilines is 1. The summed E-state index contributed by atoms with van der Waals surface area (Å²) in [4.78, 5) is 57.0. The van der Waals surface area contributed by atoms with Crippen molar-refractivity contribution in [1.82, 2.24) is 9.80 Å². The van der Waals surface area contributed by atoms with Gasteiger partial charge in [-0.1, -0.05) is 0 Å². The molecule has 0 bridgehead atoms. The van der Waals surface area contributed by atoms with Crippen LogP contribution in [0.15, 0.2) is 12.1 Å². The molecule has 6 N–H and O–H groups in total. The summed E-state index contributed by atoms with van der Waals surface area (Å²) in [5, 5.41) is 36.9. The molecule has 38 heavy (non-hydrogen) atoms. The van der Waals surface area contributed by atoms with Crippen LogP contribution in [0.2, 0.25) is 0 Å². The van der Waals surface area contributed by atoms with Gasteiger partial charge in [0, 0.05) is 23.7 Å². The van der Waals surface area contributed by atoms with Crippen molar-refractivity contribution in [2.75, 3.05) is 39.5 Å². The minimum absolute atomic E-state index is 0.0264. The predicted molar refractivity (Wildman–Crippen MR) is 137 cm³/mol. The molecule has 1 aliphatic heterocycles. The lowest BCUT2D eigenvalue weighted by Gasteiger charge is -2.54. The zero-order valence-electron chi connectivity index (χ0n) is 21.9. The largest absolute Gasteiger partial charge is 0.507 e. The molecule has 7 atom stereocenters. The van der Waals surface area contributed by atoms with E-state index < -0.39 is 64.7 Å². The molecular weight excluding hydrogens is 492 g/mol. The van der Waals surface area contributed by atoms with E-state index in [9.17, 15) is 34.5 Å². The number of fused-ring (bicyclic) bond motifs is 3. The van der Waals surface area contributed by atoms with E-state index in [0.29, 0.717) is 5.56 Å². The summed E-state index contributed by atoms with van der Waals surface area (Å²) in [5.74, 6) is -8.93. The highest BCUT2D eigenvalue weighted by Gasteiger charge is 2.69. The molecule has 11 heteroatoms. The van der Waals surface area contributed by atoms with Gasteiger partial charge >= 0.3 is 0 Å². The van der Waals surface area contributed by atoms with Crippen LogP contribution in [0.25, 0.3) is 0 Å². The highest BCUT2D eigenvalue weighted by atomic mass is 16.3. The maximum absolute atomic E-state index is 13.9. The topological polar surface area (TPSA) is 173 Å². The van der Waals surface area contributed by atoms with Gasteiger partial charge in [-0.3, -0.25) is 19.2 Å². The second kappa shape index (κ2) is 9.41. The highest BCUT2D eigenvalue weighted by Crippen LogP contribution is 2.52. The number of likely N-dealkylation sites (tertiary alicyclic amines) is 1. The first-order valence-corrected chi connectivity index (χ1v) is 13.2. The van der Waals surface area contributed by atoms with Crippen LogP contribution in [-0.2, 0) is 20.8 Å². The smallest absolute Gasteiger partial charge is 0.230 e. The zero-order valence-corrected chi connectivity index (χ0v) is 21.9. The van der Waals surface area contributed by atoms with E-state index in [1.54, 1.807) is 25.1 Å². The highest BCUT2D eigenvalue weighted by molar-refractivity contribution is 6.25. The number of aliphatic hydroxyl groups is 2. The third kappa shape index (κ3) is 3.86. The van der Waals surface area contributed by atoms with Gasteiger partial charge in [0.1, 0.15) is 11.7 Å². The number of amides is 1. The van der Waals surface area contributed by atoms with Crippen LogP contribution in [0.4, 0.5) is 5.69 Å². The summed E-state index contributed by atoms with van der Waals surface area (Å²) in [7, 11) is 5.32. The number of hydrogen-bond acceptors (Lipinski definition) is 10. The molecule has 1 heterocycles. The second-order valence-electron chi connectivity index (χ2n) is 11.7. The Labute approximate surface area is 221 Å². The fraction of sp³-hybridized carbons (Fsp3) is 0.630. The first kappa shape index (κ1) is 26.7. The maximum atomic E-state index is 13.9. The zero-order chi connectivity index (χ0) is 27.7. The number of aromatic hydroxyl groups is 1. The number of aliphatic hydroxyl groups excluding tert-OH is 1. The molecule has 0 aromatic heterocycles. The minimum atomic E-state index is -2.65. The number of carbonyl (C=O) groups is 4. The van der Waals surface area contributed by atoms with E-state index in [2.05, 4.69) is 17.3 Å². The van der Waals surface area contributed by atoms with Crippen molar-refractivity contribution < 1.29 is 34.5 Å². The molecule has 11 nitrogen and oxygen atoms in total. The lowest BCUT2D eigenvalue weighted by atomic mass is 9.52. The first-order valence-electron chi connectivity index (χ1n) is 13.2. The minimum Gasteiger partial charge on any atom is -0.507 e. The Bertz CT molecular complexity index is 1190. The Balaban J connectivity index is 1.55.